The molecule has 7 nitrogen and oxygen atoms in total. The van der Waals surface area contributed by atoms with E-state index in [-0.39, 0.29) is 5.48 Å². The fraction of sp³-hybridized carbons (Fsp3) is 0.429. The molecular formula is C21H24F6O7S2. The lowest BCUT2D eigenvalue weighted by molar-refractivity contribution is -0.0514. The van der Waals surface area contributed by atoms with Gasteiger partial charge in [0.25, 0.3) is 0 Å². The summed E-state index contributed by atoms with van der Waals surface area (Å²) in [6.45, 7) is 0. The van der Waals surface area contributed by atoms with Crippen LogP contribution in [0.3, 0.4) is 0 Å². The van der Waals surface area contributed by atoms with E-state index in [1.807, 2.05) is 0 Å². The summed E-state index contributed by atoms with van der Waals surface area (Å²) >= 11 is 0. The largest absolute Gasteiger partial charge is 0.522 e. The molecule has 2 aliphatic rings. The third-order valence-electron chi connectivity index (χ3n) is 5.52. The summed E-state index contributed by atoms with van der Waals surface area (Å²) in [5, 5.41) is 0. The minimum absolute atomic E-state index is 0. The van der Waals surface area contributed by atoms with Crippen LogP contribution in [0, 0.1) is 0 Å². The second-order valence-electron chi connectivity index (χ2n) is 7.88. The van der Waals surface area contributed by atoms with Gasteiger partial charge in [0.05, 0.1) is 0 Å². The van der Waals surface area contributed by atoms with Gasteiger partial charge in [-0.3, -0.25) is 9.11 Å². The van der Waals surface area contributed by atoms with Crippen molar-refractivity contribution < 1.29 is 57.8 Å². The van der Waals surface area contributed by atoms with Crippen LogP contribution < -0.4 is 0 Å². The van der Waals surface area contributed by atoms with E-state index in [1.165, 1.54) is 48.8 Å². The van der Waals surface area contributed by atoms with Crippen LogP contribution in [0.1, 0.15) is 54.7 Å². The number of benzene rings is 2. The Balaban J connectivity index is 0.000000323. The summed E-state index contributed by atoms with van der Waals surface area (Å²) in [5.74, 6) is 0.818. The Morgan fingerprint density at radius 1 is 0.694 bits per heavy atom. The maximum atomic E-state index is 10.7. The van der Waals surface area contributed by atoms with Crippen LogP contribution >= 0.6 is 0 Å². The molecule has 0 spiro atoms. The topological polar surface area (TPSA) is 140 Å². The summed E-state index contributed by atoms with van der Waals surface area (Å²) in [4.78, 5) is 0. The smallest absolute Gasteiger partial charge is 0.412 e. The van der Waals surface area contributed by atoms with Crippen molar-refractivity contribution in [3.8, 4) is 11.1 Å². The molecule has 0 radical (unpaired) electrons. The van der Waals surface area contributed by atoms with Gasteiger partial charge in [-0.25, -0.2) is 0 Å². The molecule has 0 heterocycles. The number of hydrogen-bond acceptors (Lipinski definition) is 4. The molecule has 1 saturated carbocycles. The van der Waals surface area contributed by atoms with Crippen LogP contribution in [0.5, 0.6) is 0 Å². The molecule has 15 heteroatoms. The van der Waals surface area contributed by atoms with Gasteiger partial charge in [-0.05, 0) is 53.0 Å². The number of halogens is 6. The molecule has 0 amide bonds. The monoisotopic (exact) mass is 566 g/mol. The molecular weight excluding hydrogens is 542 g/mol. The van der Waals surface area contributed by atoms with Crippen molar-refractivity contribution in [3.05, 3.63) is 59.2 Å². The fourth-order valence-electron chi connectivity index (χ4n) is 3.98. The lowest BCUT2D eigenvalue weighted by Gasteiger charge is -2.24. The van der Waals surface area contributed by atoms with Crippen molar-refractivity contribution in [3.63, 3.8) is 0 Å². The van der Waals surface area contributed by atoms with Crippen LogP contribution in [0.2, 0.25) is 0 Å². The number of hydrogen-bond donors (Lipinski definition) is 2. The third kappa shape index (κ3) is 8.16. The van der Waals surface area contributed by atoms with E-state index in [0.717, 1.165) is 12.3 Å². The first-order chi connectivity index (χ1) is 15.9. The van der Waals surface area contributed by atoms with Crippen LogP contribution in [0.4, 0.5) is 26.3 Å². The fourth-order valence-corrected chi connectivity index (χ4v) is 3.98. The van der Waals surface area contributed by atoms with Gasteiger partial charge in [-0.15, -0.1) is 0 Å². The van der Waals surface area contributed by atoms with Crippen LogP contribution in [0.15, 0.2) is 42.5 Å². The van der Waals surface area contributed by atoms with Crippen LogP contribution in [-0.2, 0) is 26.7 Å². The van der Waals surface area contributed by atoms with E-state index in [0.29, 0.717) is 0 Å². The minimum Gasteiger partial charge on any atom is -0.412 e. The van der Waals surface area contributed by atoms with Gasteiger partial charge in [0.15, 0.2) is 0 Å². The average Bonchev–Trinajstić information content (AvgIpc) is 3.11. The highest BCUT2D eigenvalue weighted by atomic mass is 32.2. The maximum Gasteiger partial charge on any atom is 0.522 e. The normalized spacial score (nSPS) is 15.8. The zero-order valence-corrected chi connectivity index (χ0v) is 20.1. The van der Waals surface area contributed by atoms with E-state index in [4.69, 9.17) is 25.9 Å². The van der Waals surface area contributed by atoms with Gasteiger partial charge < -0.3 is 5.48 Å². The summed E-state index contributed by atoms with van der Waals surface area (Å²) < 4.78 is 115. The van der Waals surface area contributed by atoms with Crippen molar-refractivity contribution >= 4 is 20.2 Å². The number of rotatable bonds is 1. The SMILES string of the molecule is O.O=S(=O)(O)C(F)(F)F.O=S(=O)(O)C(F)(F)F.c1ccc2c(c1)Cc1c-2cccc1C1CCCCC1. The van der Waals surface area contributed by atoms with E-state index >= 15 is 0 Å². The van der Waals surface area contributed by atoms with Gasteiger partial charge in [-0.2, -0.15) is 43.2 Å². The molecule has 2 aromatic carbocycles. The maximum absolute atomic E-state index is 10.7. The highest BCUT2D eigenvalue weighted by Crippen LogP contribution is 2.43. The molecule has 0 atom stereocenters. The van der Waals surface area contributed by atoms with Gasteiger partial charge in [-0.1, -0.05) is 61.7 Å². The van der Waals surface area contributed by atoms with Crippen molar-refractivity contribution in [1.82, 2.24) is 0 Å². The summed E-state index contributed by atoms with van der Waals surface area (Å²) in [7, 11) is -11.7. The summed E-state index contributed by atoms with van der Waals surface area (Å²) in [6.07, 6.45) is 8.21. The number of alkyl halides is 6. The van der Waals surface area contributed by atoms with E-state index < -0.39 is 31.3 Å². The lowest BCUT2D eigenvalue weighted by atomic mass is 9.81. The highest BCUT2D eigenvalue weighted by Gasteiger charge is 2.45. The Bertz CT molecular complexity index is 1190. The van der Waals surface area contributed by atoms with Crippen LogP contribution in [0.25, 0.3) is 11.1 Å². The van der Waals surface area contributed by atoms with Crippen LogP contribution in [-0.4, -0.2) is 42.4 Å². The zero-order valence-electron chi connectivity index (χ0n) is 18.5. The van der Waals surface area contributed by atoms with E-state index in [2.05, 4.69) is 42.5 Å². The molecule has 2 aromatic rings. The molecule has 4 rings (SSSR count). The Kier molecular flexibility index (Phi) is 10.5. The van der Waals surface area contributed by atoms with Crippen molar-refractivity contribution in [1.29, 1.82) is 0 Å². The molecule has 0 bridgehead atoms. The average molecular weight is 567 g/mol. The van der Waals surface area contributed by atoms with Gasteiger partial charge in [0.2, 0.25) is 0 Å². The molecule has 0 unspecified atom stereocenters. The quantitative estimate of drug-likeness (QED) is 0.234. The molecule has 0 saturated heterocycles. The Morgan fingerprint density at radius 3 is 1.61 bits per heavy atom. The second kappa shape index (κ2) is 11.9. The summed E-state index contributed by atoms with van der Waals surface area (Å²) in [5.41, 5.74) is -3.32. The molecule has 0 aromatic heterocycles. The first-order valence-electron chi connectivity index (χ1n) is 10.2. The van der Waals surface area contributed by atoms with Crippen molar-refractivity contribution in [2.45, 2.75) is 55.5 Å². The van der Waals surface area contributed by atoms with E-state index in [9.17, 15) is 26.3 Å². The predicted octanol–water partition coefficient (Wildman–Crippen LogP) is 5.27. The molecule has 0 aliphatic heterocycles. The minimum atomic E-state index is -5.84. The van der Waals surface area contributed by atoms with Gasteiger partial charge in [0, 0.05) is 0 Å². The number of fused-ring (bicyclic) bond motifs is 3. The van der Waals surface area contributed by atoms with Gasteiger partial charge >= 0.3 is 31.3 Å². The zero-order chi connectivity index (χ0) is 26.7. The first-order valence-corrected chi connectivity index (χ1v) is 13.1. The molecule has 204 valence electrons. The molecule has 2 aliphatic carbocycles. The second-order valence-corrected chi connectivity index (χ2v) is 10.7. The first kappa shape index (κ1) is 31.8. The summed E-state index contributed by atoms with van der Waals surface area (Å²) in [6, 6.07) is 15.9. The molecule has 4 N–H and O–H groups in total. The Labute approximate surface area is 204 Å². The van der Waals surface area contributed by atoms with E-state index in [1.54, 1.807) is 11.1 Å². The van der Waals surface area contributed by atoms with Crippen molar-refractivity contribution in [2.75, 3.05) is 0 Å². The third-order valence-corrected chi connectivity index (χ3v) is 6.69. The van der Waals surface area contributed by atoms with Gasteiger partial charge in [0.1, 0.15) is 0 Å². The Morgan fingerprint density at radius 2 is 1.14 bits per heavy atom. The molecule has 36 heavy (non-hydrogen) atoms. The predicted molar refractivity (Wildman–Crippen MR) is 119 cm³/mol. The molecule has 1 fully saturated rings. The van der Waals surface area contributed by atoms with Crippen molar-refractivity contribution in [2.24, 2.45) is 0 Å². The Hall–Kier alpha value is -2.20. The highest BCUT2D eigenvalue weighted by molar-refractivity contribution is 7.86. The standard InChI is InChI=1S/C19H20.2CHF3O3S.H2O/c1-2-7-14(8-3-1)16-11-6-12-18-17-10-5-4-9-15(17)13-19(16)18;2*2-1(3,4)8(5,6)7;/h4-6,9-12,14H,1-3,7-8,13H2;2*(H,5,6,7);1H2. The lowest BCUT2D eigenvalue weighted by Crippen LogP contribution is -2.21.